The number of urea groups is 1. The molecular weight excluding hydrogens is 146 g/mol. The lowest BCUT2D eigenvalue weighted by atomic mass is 10.7. The van der Waals surface area contributed by atoms with E-state index >= 15 is 0 Å². The van der Waals surface area contributed by atoms with Gasteiger partial charge in [-0.05, 0) is 0 Å². The predicted octanol–water partition coefficient (Wildman–Crippen LogP) is -1.17. The van der Waals surface area contributed by atoms with Crippen molar-refractivity contribution >= 4 is 24.3 Å². The summed E-state index contributed by atoms with van der Waals surface area (Å²) in [4.78, 5) is 20.9. The van der Waals surface area contributed by atoms with Crippen LogP contribution in [0, 0.1) is 0 Å². The Hall–Kier alpha value is -0.810. The molecule has 0 atom stereocenters. The van der Waals surface area contributed by atoms with Crippen LogP contribution in [0.2, 0.25) is 0 Å². The SMILES string of the molecule is Cl.[2H]C1([2H])C(=O)NC(=O)N1N. The number of amides is 3. The zero-order chi connectivity index (χ0) is 7.94. The minimum absolute atomic E-state index is 0. The maximum atomic E-state index is 10.5. The van der Waals surface area contributed by atoms with Gasteiger partial charge in [-0.25, -0.2) is 10.6 Å². The molecule has 3 amide bonds. The van der Waals surface area contributed by atoms with Crippen molar-refractivity contribution in [3.8, 4) is 0 Å². The molecule has 1 aliphatic heterocycles. The van der Waals surface area contributed by atoms with Crippen molar-refractivity contribution in [2.24, 2.45) is 5.84 Å². The fourth-order valence-electron chi connectivity index (χ4n) is 0.345. The number of imide groups is 1. The normalized spacial score (nSPS) is 26.1. The molecular formula is C3H6ClN3O2. The summed E-state index contributed by atoms with van der Waals surface area (Å²) in [6, 6.07) is -0.921. The van der Waals surface area contributed by atoms with Crippen molar-refractivity contribution in [1.29, 1.82) is 0 Å². The van der Waals surface area contributed by atoms with Crippen molar-refractivity contribution in [3.05, 3.63) is 0 Å². The minimum atomic E-state index is -2.41. The van der Waals surface area contributed by atoms with Crippen molar-refractivity contribution in [2.45, 2.75) is 0 Å². The average Bonchev–Trinajstić information content (AvgIpc) is 1.97. The Morgan fingerprint density at radius 3 is 2.44 bits per heavy atom. The lowest BCUT2D eigenvalue weighted by Crippen LogP contribution is -2.34. The zero-order valence-corrected chi connectivity index (χ0v) is 5.07. The van der Waals surface area contributed by atoms with Crippen LogP contribution in [-0.4, -0.2) is 23.4 Å². The van der Waals surface area contributed by atoms with Gasteiger partial charge in [-0.3, -0.25) is 15.1 Å². The van der Waals surface area contributed by atoms with E-state index in [1.807, 2.05) is 0 Å². The fraction of sp³-hybridized carbons (Fsp3) is 0.333. The van der Waals surface area contributed by atoms with E-state index < -0.39 is 18.4 Å². The number of rotatable bonds is 0. The Kier molecular flexibility index (Phi) is 1.48. The number of nitrogens with one attached hydrogen (secondary N) is 1. The van der Waals surface area contributed by atoms with Crippen LogP contribution in [0.3, 0.4) is 0 Å². The molecule has 3 N–H and O–H groups in total. The molecule has 1 saturated heterocycles. The van der Waals surface area contributed by atoms with Gasteiger partial charge in [0.25, 0.3) is 0 Å². The molecule has 0 radical (unpaired) electrons. The van der Waals surface area contributed by atoms with Crippen LogP contribution in [0.4, 0.5) is 4.79 Å². The van der Waals surface area contributed by atoms with Gasteiger partial charge in [0.15, 0.2) is 0 Å². The molecule has 1 fully saturated rings. The Labute approximate surface area is 60.4 Å². The summed E-state index contributed by atoms with van der Waals surface area (Å²) in [6.45, 7) is -2.41. The minimum Gasteiger partial charge on any atom is -0.275 e. The summed E-state index contributed by atoms with van der Waals surface area (Å²) in [5, 5.41) is 1.92. The van der Waals surface area contributed by atoms with Crippen LogP contribution >= 0.6 is 12.4 Å². The summed E-state index contributed by atoms with van der Waals surface area (Å²) in [5.41, 5.74) is 0. The van der Waals surface area contributed by atoms with Gasteiger partial charge in [0, 0.05) is 0 Å². The fourth-order valence-corrected chi connectivity index (χ4v) is 0.345. The highest BCUT2D eigenvalue weighted by Crippen LogP contribution is 1.87. The number of halogens is 1. The molecule has 0 saturated carbocycles. The second kappa shape index (κ2) is 2.65. The number of hydrogen-bond donors (Lipinski definition) is 2. The van der Waals surface area contributed by atoms with Gasteiger partial charge < -0.3 is 0 Å². The maximum absolute atomic E-state index is 10.5. The van der Waals surface area contributed by atoms with E-state index in [1.54, 1.807) is 5.32 Å². The summed E-state index contributed by atoms with van der Waals surface area (Å²) < 4.78 is 13.7. The first-order chi connectivity index (χ1) is 4.46. The number of nitrogens with two attached hydrogens (primary N) is 1. The first-order valence-corrected chi connectivity index (χ1v) is 1.86. The molecule has 0 aromatic carbocycles. The second-order valence-corrected chi connectivity index (χ2v) is 1.24. The first kappa shape index (κ1) is 5.01. The third-order valence-electron chi connectivity index (χ3n) is 0.661. The van der Waals surface area contributed by atoms with Crippen LogP contribution in [0.25, 0.3) is 0 Å². The van der Waals surface area contributed by atoms with Crippen LogP contribution < -0.4 is 11.2 Å². The highest BCUT2D eigenvalue weighted by molar-refractivity contribution is 6.01. The topological polar surface area (TPSA) is 75.4 Å². The number of nitrogens with zero attached hydrogens (tertiary/aromatic N) is 1. The number of carbonyl (C=O) groups is 2. The average molecular weight is 154 g/mol. The molecule has 1 aliphatic rings. The summed E-state index contributed by atoms with van der Waals surface area (Å²) >= 11 is 0. The third-order valence-corrected chi connectivity index (χ3v) is 0.661. The van der Waals surface area contributed by atoms with Gasteiger partial charge in [-0.15, -0.1) is 12.4 Å². The standard InChI is InChI=1S/C3H5N3O2.ClH/c4-6-1-2(7)5-3(6)8;/h1,4H2,(H,5,7,8);1H/i1D2;. The van der Waals surface area contributed by atoms with Crippen LogP contribution in [0.1, 0.15) is 2.74 Å². The van der Waals surface area contributed by atoms with E-state index in [9.17, 15) is 9.59 Å². The number of carbonyl (C=O) groups excluding carboxylic acids is 2. The van der Waals surface area contributed by atoms with Gasteiger partial charge >= 0.3 is 6.03 Å². The quantitative estimate of drug-likeness (QED) is 0.262. The maximum Gasteiger partial charge on any atom is 0.338 e. The van der Waals surface area contributed by atoms with Gasteiger partial charge in [0.05, 0.1) is 2.74 Å². The lowest BCUT2D eigenvalue weighted by Gasteiger charge is -1.99. The summed E-state index contributed by atoms with van der Waals surface area (Å²) in [5.74, 6) is 3.84. The molecule has 1 rings (SSSR count). The van der Waals surface area contributed by atoms with Crippen molar-refractivity contribution in [3.63, 3.8) is 0 Å². The van der Waals surface area contributed by atoms with Crippen molar-refractivity contribution in [2.75, 3.05) is 6.50 Å². The predicted molar refractivity (Wildman–Crippen MR) is 31.7 cm³/mol. The monoisotopic (exact) mass is 153 g/mol. The summed E-state index contributed by atoms with van der Waals surface area (Å²) in [7, 11) is 0. The highest BCUT2D eigenvalue weighted by atomic mass is 35.5. The first-order valence-electron chi connectivity index (χ1n) is 2.86. The molecule has 0 aliphatic carbocycles. The third kappa shape index (κ3) is 1.55. The largest absolute Gasteiger partial charge is 0.338 e. The van der Waals surface area contributed by atoms with E-state index in [-0.39, 0.29) is 17.4 Å². The highest BCUT2D eigenvalue weighted by Gasteiger charge is 2.22. The Balaban J connectivity index is 0.000001000. The van der Waals surface area contributed by atoms with E-state index in [2.05, 4.69) is 0 Å². The molecule has 0 bridgehead atoms. The zero-order valence-electron chi connectivity index (χ0n) is 6.25. The summed E-state index contributed by atoms with van der Waals surface area (Å²) in [6.07, 6.45) is 0. The molecule has 6 heteroatoms. The lowest BCUT2D eigenvalue weighted by molar-refractivity contribution is -0.118. The molecule has 52 valence electrons. The van der Waals surface area contributed by atoms with Gasteiger partial charge in [-0.2, -0.15) is 0 Å². The Morgan fingerprint density at radius 1 is 1.78 bits per heavy atom. The van der Waals surface area contributed by atoms with Gasteiger partial charge in [0.2, 0.25) is 5.91 Å². The molecule has 0 aromatic rings. The second-order valence-electron chi connectivity index (χ2n) is 1.24. The van der Waals surface area contributed by atoms with E-state index in [0.717, 1.165) is 0 Å². The van der Waals surface area contributed by atoms with Crippen LogP contribution in [-0.2, 0) is 4.79 Å². The van der Waals surface area contributed by atoms with Crippen molar-refractivity contribution < 1.29 is 12.3 Å². The van der Waals surface area contributed by atoms with E-state index in [1.165, 1.54) is 0 Å². The van der Waals surface area contributed by atoms with Gasteiger partial charge in [0.1, 0.15) is 6.50 Å². The van der Waals surface area contributed by atoms with E-state index in [4.69, 9.17) is 8.58 Å². The van der Waals surface area contributed by atoms with Crippen LogP contribution in [0.15, 0.2) is 0 Å². The van der Waals surface area contributed by atoms with Crippen LogP contribution in [0.5, 0.6) is 0 Å². The Morgan fingerprint density at radius 2 is 2.33 bits per heavy atom. The Bertz CT molecular complexity index is 209. The smallest absolute Gasteiger partial charge is 0.275 e. The molecule has 1 heterocycles. The molecule has 0 unspecified atom stereocenters. The van der Waals surface area contributed by atoms with E-state index in [0.29, 0.717) is 0 Å². The molecule has 0 aromatic heterocycles. The molecule has 0 spiro atoms. The molecule has 5 nitrogen and oxygen atoms in total. The van der Waals surface area contributed by atoms with Gasteiger partial charge in [-0.1, -0.05) is 0 Å². The van der Waals surface area contributed by atoms with Crippen molar-refractivity contribution in [1.82, 2.24) is 10.3 Å². The number of hydrazine groups is 1. The molecule has 9 heavy (non-hydrogen) atoms. The number of hydrogen-bond acceptors (Lipinski definition) is 3.